The monoisotopic (exact) mass is 886 g/mol. The van der Waals surface area contributed by atoms with Crippen LogP contribution in [0, 0.1) is 0 Å². The Bertz CT molecular complexity index is 1500. The molecule has 64 heavy (non-hydrogen) atoms. The fourth-order valence-electron chi connectivity index (χ4n) is 6.21. The van der Waals surface area contributed by atoms with E-state index >= 15 is 0 Å². The van der Waals surface area contributed by atoms with E-state index in [0.29, 0.717) is 6.42 Å². The Morgan fingerprint density at radius 3 is 1.45 bits per heavy atom. The van der Waals surface area contributed by atoms with Gasteiger partial charge in [-0.05, 0) is 77.0 Å². The summed E-state index contributed by atoms with van der Waals surface area (Å²) in [5.74, 6) is -1.84. The van der Waals surface area contributed by atoms with Gasteiger partial charge in [0.2, 0.25) is 0 Å². The molecule has 0 amide bonds. The van der Waals surface area contributed by atoms with Crippen LogP contribution in [-0.4, -0.2) is 75.5 Å². The predicted octanol–water partition coefficient (Wildman–Crippen LogP) is 12.6. The zero-order chi connectivity index (χ0) is 47.0. The van der Waals surface area contributed by atoms with E-state index in [1.807, 2.05) is 72.9 Å². The number of allylic oxidation sites excluding steroid dienone is 22. The molecule has 0 spiro atoms. The lowest BCUT2D eigenvalue weighted by Gasteiger charge is -2.34. The summed E-state index contributed by atoms with van der Waals surface area (Å²) >= 11 is 0. The molecule has 0 N–H and O–H groups in total. The largest absolute Gasteiger partial charge is 0.544 e. The van der Waals surface area contributed by atoms with E-state index in [2.05, 4.69) is 74.6 Å². The summed E-state index contributed by atoms with van der Waals surface area (Å²) < 4.78 is 17.1. The number of unbranched alkanes of at least 4 members (excludes halogenated alkanes) is 11. The SMILES string of the molecule is CC/C=C/C=C/C=C/C=C/C=C/C=C/C=C/CCCCCC(=O)OCC(COCCC(C(=O)[O-])[N+](C)(C)C)OC(=O)CCCCCCC/C=C/C/C=C/C/C=C/C/C=C/CCCCC. The van der Waals surface area contributed by atoms with E-state index in [9.17, 15) is 19.5 Å². The number of hydrogen-bond donors (Lipinski definition) is 0. The van der Waals surface area contributed by atoms with Crippen LogP contribution in [0.15, 0.2) is 134 Å². The van der Waals surface area contributed by atoms with Gasteiger partial charge in [0.05, 0.1) is 40.3 Å². The fourth-order valence-corrected chi connectivity index (χ4v) is 6.21. The van der Waals surface area contributed by atoms with Crippen molar-refractivity contribution in [2.75, 3.05) is 41.0 Å². The summed E-state index contributed by atoms with van der Waals surface area (Å²) in [7, 11) is 5.37. The van der Waals surface area contributed by atoms with Crippen LogP contribution in [0.3, 0.4) is 0 Å². The molecule has 2 atom stereocenters. The van der Waals surface area contributed by atoms with Gasteiger partial charge in [-0.15, -0.1) is 0 Å². The number of carboxylic acids is 1. The van der Waals surface area contributed by atoms with E-state index < -0.39 is 18.1 Å². The maximum Gasteiger partial charge on any atom is 0.306 e. The standard InChI is InChI=1S/C56H87NO7/c1-6-8-10-12-14-16-18-20-22-24-26-27-29-31-33-35-37-39-41-43-45-47-55(59)64-52(50-62-49-48-53(56(60)61)57(3,4)5)51-63-54(58)46-44-42-40-38-36-34-32-30-28-25-23-21-19-17-15-13-11-9-7-2/h9,11,13-17,19-23,25-28,30-34,36,52-53H,6-8,10,12,18,24,29,35,37-51H2,1-5H3/b11-9+,15-13+,16-14+,19-17+,22-20+,23-21+,27-26+,28-25+,32-30+,33-31+,36-34+. The van der Waals surface area contributed by atoms with Crippen molar-refractivity contribution in [3.63, 3.8) is 0 Å². The minimum Gasteiger partial charge on any atom is -0.544 e. The maximum absolute atomic E-state index is 12.8. The van der Waals surface area contributed by atoms with Crippen molar-refractivity contribution in [3.05, 3.63) is 134 Å². The second-order valence-electron chi connectivity index (χ2n) is 16.8. The summed E-state index contributed by atoms with van der Waals surface area (Å²) in [5, 5.41) is 11.7. The van der Waals surface area contributed by atoms with Gasteiger partial charge in [0.25, 0.3) is 0 Å². The topological polar surface area (TPSA) is 102 Å². The number of carboxylic acid groups (broad SMARTS) is 1. The number of rotatable bonds is 41. The first kappa shape index (κ1) is 59.5. The summed E-state index contributed by atoms with van der Waals surface area (Å²) in [6.07, 6.45) is 64.7. The number of nitrogens with zero attached hydrogens (tertiary/aromatic N) is 1. The molecule has 2 unspecified atom stereocenters. The molecule has 0 aromatic rings. The third-order valence-electron chi connectivity index (χ3n) is 9.97. The number of ether oxygens (including phenoxy) is 3. The van der Waals surface area contributed by atoms with E-state index in [4.69, 9.17) is 14.2 Å². The average molecular weight is 886 g/mol. The minimum absolute atomic E-state index is 0.00721. The van der Waals surface area contributed by atoms with Crippen LogP contribution in [0.2, 0.25) is 0 Å². The number of hydrogen-bond acceptors (Lipinski definition) is 7. The molecule has 0 bridgehead atoms. The third kappa shape index (κ3) is 42.8. The molecule has 0 aromatic heterocycles. The second-order valence-corrected chi connectivity index (χ2v) is 16.8. The van der Waals surface area contributed by atoms with Gasteiger partial charge in [0, 0.05) is 19.3 Å². The Labute approximate surface area is 390 Å². The molecule has 0 saturated heterocycles. The number of esters is 2. The average Bonchev–Trinajstić information content (AvgIpc) is 3.26. The van der Waals surface area contributed by atoms with Crippen LogP contribution >= 0.6 is 0 Å². The lowest BCUT2D eigenvalue weighted by Crippen LogP contribution is -2.55. The minimum atomic E-state index is -1.14. The third-order valence-corrected chi connectivity index (χ3v) is 9.97. The fraction of sp³-hybridized carbons (Fsp3) is 0.554. The summed E-state index contributed by atoms with van der Waals surface area (Å²) in [6, 6.07) is -0.747. The first-order valence-corrected chi connectivity index (χ1v) is 24.3. The van der Waals surface area contributed by atoms with Crippen LogP contribution in [0.1, 0.15) is 149 Å². The highest BCUT2D eigenvalue weighted by molar-refractivity contribution is 5.70. The van der Waals surface area contributed by atoms with E-state index in [1.54, 1.807) is 21.1 Å². The van der Waals surface area contributed by atoms with E-state index in [0.717, 1.165) is 83.5 Å². The molecular weight excluding hydrogens is 799 g/mol. The molecule has 0 aliphatic carbocycles. The quantitative estimate of drug-likeness (QED) is 0.0198. The number of likely N-dealkylation sites (N-methyl/N-ethyl adjacent to an activating group) is 1. The molecule has 0 fully saturated rings. The maximum atomic E-state index is 12.8. The molecule has 0 aromatic carbocycles. The zero-order valence-electron chi connectivity index (χ0n) is 40.6. The summed E-state index contributed by atoms with van der Waals surface area (Å²) in [4.78, 5) is 37.0. The predicted molar refractivity (Wildman–Crippen MR) is 267 cm³/mol. The Hall–Kier alpha value is -4.53. The van der Waals surface area contributed by atoms with Gasteiger partial charge in [-0.1, -0.05) is 186 Å². The molecule has 8 nitrogen and oxygen atoms in total. The number of quaternary nitrogens is 1. The van der Waals surface area contributed by atoms with Crippen molar-refractivity contribution in [2.24, 2.45) is 0 Å². The molecule has 0 rings (SSSR count). The van der Waals surface area contributed by atoms with Gasteiger partial charge < -0.3 is 28.6 Å². The molecule has 0 aliphatic heterocycles. The number of carbonyl (C=O) groups excluding carboxylic acids is 3. The van der Waals surface area contributed by atoms with Crippen molar-refractivity contribution < 1.29 is 38.2 Å². The van der Waals surface area contributed by atoms with Crippen LogP contribution in [0.25, 0.3) is 0 Å². The summed E-state index contributed by atoms with van der Waals surface area (Å²) in [5.41, 5.74) is 0. The normalized spacial score (nSPS) is 14.1. The first-order valence-electron chi connectivity index (χ1n) is 24.3. The lowest BCUT2D eigenvalue weighted by atomic mass is 10.1. The molecular formula is C56H87NO7. The highest BCUT2D eigenvalue weighted by Gasteiger charge is 2.25. The smallest absolute Gasteiger partial charge is 0.306 e. The Kier molecular flexibility index (Phi) is 41.9. The molecule has 0 saturated carbocycles. The first-order chi connectivity index (χ1) is 31.1. The Morgan fingerprint density at radius 2 is 0.938 bits per heavy atom. The van der Waals surface area contributed by atoms with Gasteiger partial charge in [0.15, 0.2) is 6.10 Å². The number of aliphatic carboxylic acids is 1. The highest BCUT2D eigenvalue weighted by Crippen LogP contribution is 2.12. The van der Waals surface area contributed by atoms with Crippen molar-refractivity contribution in [1.82, 2.24) is 0 Å². The highest BCUT2D eigenvalue weighted by atomic mass is 16.6. The van der Waals surface area contributed by atoms with Crippen LogP contribution < -0.4 is 5.11 Å². The van der Waals surface area contributed by atoms with E-state index in [1.165, 1.54) is 25.7 Å². The summed E-state index contributed by atoms with van der Waals surface area (Å²) in [6.45, 7) is 4.39. The Balaban J connectivity index is 4.47. The second kappa shape index (κ2) is 45.1. The van der Waals surface area contributed by atoms with Crippen molar-refractivity contribution >= 4 is 17.9 Å². The van der Waals surface area contributed by atoms with Gasteiger partial charge in [-0.2, -0.15) is 0 Å². The Morgan fingerprint density at radius 1 is 0.500 bits per heavy atom. The zero-order valence-corrected chi connectivity index (χ0v) is 40.6. The van der Waals surface area contributed by atoms with Gasteiger partial charge in [-0.25, -0.2) is 0 Å². The van der Waals surface area contributed by atoms with Crippen molar-refractivity contribution in [3.8, 4) is 0 Å². The van der Waals surface area contributed by atoms with Crippen molar-refractivity contribution in [1.29, 1.82) is 0 Å². The van der Waals surface area contributed by atoms with Gasteiger partial charge >= 0.3 is 11.9 Å². The van der Waals surface area contributed by atoms with E-state index in [-0.39, 0.29) is 55.5 Å². The molecule has 0 heterocycles. The molecule has 0 radical (unpaired) electrons. The van der Waals surface area contributed by atoms with Gasteiger partial charge in [-0.3, -0.25) is 9.59 Å². The number of carbonyl (C=O) groups is 3. The van der Waals surface area contributed by atoms with Crippen LogP contribution in [0.5, 0.6) is 0 Å². The van der Waals surface area contributed by atoms with Crippen LogP contribution in [0.4, 0.5) is 0 Å². The molecule has 0 aliphatic rings. The van der Waals surface area contributed by atoms with Crippen LogP contribution in [-0.2, 0) is 28.6 Å². The van der Waals surface area contributed by atoms with Gasteiger partial charge in [0.1, 0.15) is 12.6 Å². The van der Waals surface area contributed by atoms with Crippen molar-refractivity contribution in [2.45, 2.75) is 161 Å². The molecule has 358 valence electrons. The molecule has 8 heteroatoms. The lowest BCUT2D eigenvalue weighted by molar-refractivity contribution is -0.889.